The van der Waals surface area contributed by atoms with E-state index in [9.17, 15) is 0 Å². The highest BCUT2D eigenvalue weighted by molar-refractivity contribution is 6.28. The number of hydrogen-bond acceptors (Lipinski definition) is 3. The second-order valence-electron chi connectivity index (χ2n) is 4.98. The van der Waals surface area contributed by atoms with Crippen LogP contribution in [-0.4, -0.2) is 42.9 Å². The number of alkyl halides is 1. The molecule has 110 valence electrons. The molecule has 1 fully saturated rings. The predicted molar refractivity (Wildman–Crippen MR) is 84.2 cm³/mol. The number of likely N-dealkylation sites (tertiary alicyclic amines) is 1. The molecule has 20 heavy (non-hydrogen) atoms. The van der Waals surface area contributed by atoms with Gasteiger partial charge in [-0.1, -0.05) is 6.42 Å². The van der Waals surface area contributed by atoms with Gasteiger partial charge in [-0.2, -0.15) is 0 Å². The zero-order chi connectivity index (χ0) is 14.2. The molecule has 1 heterocycles. The van der Waals surface area contributed by atoms with Gasteiger partial charge in [-0.15, -0.1) is 11.6 Å². The van der Waals surface area contributed by atoms with Gasteiger partial charge in [0, 0.05) is 6.54 Å². The van der Waals surface area contributed by atoms with Crippen molar-refractivity contribution >= 4 is 23.1 Å². The zero-order valence-corrected chi connectivity index (χ0v) is 12.5. The van der Waals surface area contributed by atoms with Crippen LogP contribution in [0, 0.1) is 0 Å². The molecule has 1 aromatic rings. The Balaban J connectivity index is 1.76. The van der Waals surface area contributed by atoms with Gasteiger partial charge in [0.1, 0.15) is 18.2 Å². The standard InChI is InChI=1S/C15H22ClN3O/c16-12-15(17)18-13-4-6-14(7-5-13)20-11-10-19-8-2-1-3-9-19/h4-7H,1-3,8-12H2,(H2,17,18). The Morgan fingerprint density at radius 2 is 1.90 bits per heavy atom. The summed E-state index contributed by atoms with van der Waals surface area (Å²) in [6.45, 7) is 4.13. The Morgan fingerprint density at radius 3 is 2.55 bits per heavy atom. The minimum atomic E-state index is 0.244. The summed E-state index contributed by atoms with van der Waals surface area (Å²) in [5.41, 5.74) is 6.38. The first kappa shape index (κ1) is 15.1. The molecule has 1 aliphatic heterocycles. The minimum absolute atomic E-state index is 0.244. The highest BCUT2D eigenvalue weighted by atomic mass is 35.5. The fraction of sp³-hybridized carbons (Fsp3) is 0.533. The summed E-state index contributed by atoms with van der Waals surface area (Å²) in [5, 5.41) is 0. The molecule has 0 unspecified atom stereocenters. The maximum Gasteiger partial charge on any atom is 0.119 e. The molecule has 0 aromatic heterocycles. The van der Waals surface area contributed by atoms with Crippen LogP contribution in [0.3, 0.4) is 0 Å². The van der Waals surface area contributed by atoms with Crippen molar-refractivity contribution in [1.82, 2.24) is 4.90 Å². The second-order valence-corrected chi connectivity index (χ2v) is 5.25. The van der Waals surface area contributed by atoms with Gasteiger partial charge >= 0.3 is 0 Å². The van der Waals surface area contributed by atoms with E-state index in [1.165, 1.54) is 32.4 Å². The third-order valence-electron chi connectivity index (χ3n) is 3.37. The van der Waals surface area contributed by atoms with E-state index in [1.54, 1.807) is 0 Å². The number of halogens is 1. The lowest BCUT2D eigenvalue weighted by molar-refractivity contribution is 0.183. The SMILES string of the molecule is NC(CCl)=Nc1ccc(OCCN2CCCCC2)cc1. The van der Waals surface area contributed by atoms with E-state index < -0.39 is 0 Å². The van der Waals surface area contributed by atoms with Crippen molar-refractivity contribution in [2.75, 3.05) is 32.1 Å². The molecule has 0 saturated carbocycles. The number of piperidine rings is 1. The number of rotatable bonds is 6. The van der Waals surface area contributed by atoms with Gasteiger partial charge in [0.15, 0.2) is 0 Å². The number of benzene rings is 1. The average molecular weight is 296 g/mol. The Morgan fingerprint density at radius 1 is 1.20 bits per heavy atom. The van der Waals surface area contributed by atoms with E-state index in [0.29, 0.717) is 5.84 Å². The molecule has 0 atom stereocenters. The summed E-state index contributed by atoms with van der Waals surface area (Å²) >= 11 is 5.59. The Labute approximate surface area is 125 Å². The van der Waals surface area contributed by atoms with Crippen LogP contribution in [0.25, 0.3) is 0 Å². The van der Waals surface area contributed by atoms with Gasteiger partial charge in [0.05, 0.1) is 11.6 Å². The second kappa shape index (κ2) is 8.12. The molecule has 2 rings (SSSR count). The Hall–Kier alpha value is -1.26. The Bertz CT molecular complexity index is 427. The van der Waals surface area contributed by atoms with Crippen LogP contribution < -0.4 is 10.5 Å². The molecule has 0 bridgehead atoms. The van der Waals surface area contributed by atoms with Gasteiger partial charge < -0.3 is 10.5 Å². The van der Waals surface area contributed by atoms with Gasteiger partial charge in [-0.05, 0) is 50.2 Å². The molecule has 1 aromatic carbocycles. The summed E-state index contributed by atoms with van der Waals surface area (Å²) in [5.74, 6) is 1.53. The van der Waals surface area contributed by atoms with E-state index in [-0.39, 0.29) is 5.88 Å². The zero-order valence-electron chi connectivity index (χ0n) is 11.7. The van der Waals surface area contributed by atoms with Crippen LogP contribution in [-0.2, 0) is 0 Å². The number of nitrogens with two attached hydrogens (primary N) is 1. The van der Waals surface area contributed by atoms with Crippen molar-refractivity contribution in [3.63, 3.8) is 0 Å². The van der Waals surface area contributed by atoms with Gasteiger partial charge in [-0.25, -0.2) is 4.99 Å². The number of amidine groups is 1. The third kappa shape index (κ3) is 5.02. The predicted octanol–water partition coefficient (Wildman–Crippen LogP) is 2.78. The van der Waals surface area contributed by atoms with E-state index in [2.05, 4.69) is 9.89 Å². The summed E-state index contributed by atoms with van der Waals surface area (Å²) in [6.07, 6.45) is 3.99. The molecule has 0 amide bonds. The molecule has 2 N–H and O–H groups in total. The van der Waals surface area contributed by atoms with Crippen LogP contribution in [0.1, 0.15) is 19.3 Å². The lowest BCUT2D eigenvalue weighted by Gasteiger charge is -2.26. The molecule has 4 nitrogen and oxygen atoms in total. The smallest absolute Gasteiger partial charge is 0.119 e. The van der Waals surface area contributed by atoms with Crippen LogP contribution in [0.4, 0.5) is 5.69 Å². The number of ether oxygens (including phenoxy) is 1. The average Bonchev–Trinajstić information content (AvgIpc) is 2.50. The topological polar surface area (TPSA) is 50.9 Å². The van der Waals surface area contributed by atoms with Crippen molar-refractivity contribution in [1.29, 1.82) is 0 Å². The highest BCUT2D eigenvalue weighted by Crippen LogP contribution is 2.18. The minimum Gasteiger partial charge on any atom is -0.492 e. The fourth-order valence-electron chi connectivity index (χ4n) is 2.29. The molecular weight excluding hydrogens is 274 g/mol. The van der Waals surface area contributed by atoms with E-state index in [1.807, 2.05) is 24.3 Å². The van der Waals surface area contributed by atoms with E-state index in [4.69, 9.17) is 22.1 Å². The normalized spacial score (nSPS) is 17.1. The van der Waals surface area contributed by atoms with Crippen molar-refractivity contribution in [3.05, 3.63) is 24.3 Å². The number of aliphatic imine (C=N–C) groups is 1. The monoisotopic (exact) mass is 295 g/mol. The summed E-state index contributed by atoms with van der Waals surface area (Å²) in [4.78, 5) is 6.63. The quantitative estimate of drug-likeness (QED) is 0.499. The molecule has 0 spiro atoms. The first-order chi connectivity index (χ1) is 9.78. The molecule has 1 aliphatic rings. The summed E-state index contributed by atoms with van der Waals surface area (Å²) in [7, 11) is 0. The van der Waals surface area contributed by atoms with Gasteiger partial charge in [-0.3, -0.25) is 4.90 Å². The van der Waals surface area contributed by atoms with Crippen LogP contribution in [0.2, 0.25) is 0 Å². The fourth-order valence-corrected chi connectivity index (χ4v) is 2.35. The van der Waals surface area contributed by atoms with Gasteiger partial charge in [0.25, 0.3) is 0 Å². The largest absolute Gasteiger partial charge is 0.492 e. The van der Waals surface area contributed by atoms with Crippen molar-refractivity contribution < 1.29 is 4.74 Å². The summed E-state index contributed by atoms with van der Waals surface area (Å²) in [6, 6.07) is 7.60. The lowest BCUT2D eigenvalue weighted by Crippen LogP contribution is -2.33. The third-order valence-corrected chi connectivity index (χ3v) is 3.65. The van der Waals surface area contributed by atoms with Crippen LogP contribution >= 0.6 is 11.6 Å². The van der Waals surface area contributed by atoms with Crippen LogP contribution in [0.15, 0.2) is 29.3 Å². The van der Waals surface area contributed by atoms with Crippen molar-refractivity contribution in [2.45, 2.75) is 19.3 Å². The number of nitrogens with zero attached hydrogens (tertiary/aromatic N) is 2. The van der Waals surface area contributed by atoms with Crippen LogP contribution in [0.5, 0.6) is 5.75 Å². The van der Waals surface area contributed by atoms with Crippen molar-refractivity contribution in [3.8, 4) is 5.75 Å². The summed E-state index contributed by atoms with van der Waals surface area (Å²) < 4.78 is 5.75. The Kier molecular flexibility index (Phi) is 6.15. The molecule has 0 aliphatic carbocycles. The first-order valence-electron chi connectivity index (χ1n) is 7.12. The molecular formula is C15H22ClN3O. The first-order valence-corrected chi connectivity index (χ1v) is 7.65. The molecule has 0 radical (unpaired) electrons. The maximum absolute atomic E-state index is 5.75. The van der Waals surface area contributed by atoms with E-state index in [0.717, 1.165) is 24.6 Å². The highest BCUT2D eigenvalue weighted by Gasteiger charge is 2.09. The van der Waals surface area contributed by atoms with Gasteiger partial charge in [0.2, 0.25) is 0 Å². The van der Waals surface area contributed by atoms with E-state index >= 15 is 0 Å². The molecule has 1 saturated heterocycles. The lowest BCUT2D eigenvalue weighted by atomic mass is 10.1. The van der Waals surface area contributed by atoms with Crippen molar-refractivity contribution in [2.24, 2.45) is 10.7 Å². The number of hydrogen-bond donors (Lipinski definition) is 1. The molecule has 5 heteroatoms. The maximum atomic E-state index is 5.75.